The van der Waals surface area contributed by atoms with Gasteiger partial charge in [0.05, 0.1) is 26.1 Å². The maximum absolute atomic E-state index is 11.9. The van der Waals surface area contributed by atoms with Gasteiger partial charge in [-0.25, -0.2) is 0 Å². The largest absolute Gasteiger partial charge is 0.481 e. The first kappa shape index (κ1) is 33.3. The number of aliphatic hydroxyl groups is 2. The summed E-state index contributed by atoms with van der Waals surface area (Å²) in [6, 6.07) is 31.8. The smallest absolute Gasteiger partial charge is 0.307 e. The summed E-state index contributed by atoms with van der Waals surface area (Å²) in [6.07, 6.45) is -0.212. The van der Waals surface area contributed by atoms with Gasteiger partial charge in [-0.05, 0) is 94.0 Å². The first-order valence-corrected chi connectivity index (χ1v) is 19.3. The van der Waals surface area contributed by atoms with Gasteiger partial charge in [0.1, 0.15) is 0 Å². The van der Waals surface area contributed by atoms with Crippen molar-refractivity contribution in [3.8, 4) is 59.9 Å². The van der Waals surface area contributed by atoms with Gasteiger partial charge < -0.3 is 20.4 Å². The van der Waals surface area contributed by atoms with Crippen molar-refractivity contribution in [1.82, 2.24) is 0 Å². The molecule has 0 spiro atoms. The van der Waals surface area contributed by atoms with Gasteiger partial charge in [-0.15, -0.1) is 56.7 Å². The van der Waals surface area contributed by atoms with E-state index < -0.39 is 11.9 Å². The second-order valence-corrected chi connectivity index (χ2v) is 16.6. The normalized spacial score (nSPS) is 11.3. The maximum atomic E-state index is 11.9. The van der Waals surface area contributed by atoms with Crippen LogP contribution in [0, 0.1) is 0 Å². The zero-order valence-electron chi connectivity index (χ0n) is 25.7. The van der Waals surface area contributed by atoms with Crippen molar-refractivity contribution in [1.29, 1.82) is 0 Å². The number of rotatable bonds is 12. The van der Waals surface area contributed by atoms with Crippen LogP contribution in [0.15, 0.2) is 97.1 Å². The molecule has 7 aromatic rings. The SMILES string of the molecule is O=C(O)Cc1cc(-c2ccc(-c3cccc(CO)c3)s2)sc1-c1ccc(-c2sc(-c3ccc(-c4cccc(CO)c4)s3)cc2CC(=O)O)s1. The zero-order valence-corrected chi connectivity index (χ0v) is 29.8. The number of aliphatic carboxylic acids is 2. The molecular formula is C38H28O6S5. The first-order valence-electron chi connectivity index (χ1n) is 15.2. The van der Waals surface area contributed by atoms with E-state index in [9.17, 15) is 30.0 Å². The predicted molar refractivity (Wildman–Crippen MR) is 203 cm³/mol. The van der Waals surface area contributed by atoms with Crippen LogP contribution in [-0.4, -0.2) is 32.4 Å². The number of carboxylic acid groups (broad SMARTS) is 2. The Bertz CT molecular complexity index is 2140. The summed E-state index contributed by atoms with van der Waals surface area (Å²) in [7, 11) is 0. The van der Waals surface area contributed by atoms with Crippen LogP contribution in [0.25, 0.3) is 59.9 Å². The summed E-state index contributed by atoms with van der Waals surface area (Å²) < 4.78 is 0. The third-order valence-corrected chi connectivity index (χ3v) is 14.3. The van der Waals surface area contributed by atoms with Crippen molar-refractivity contribution < 1.29 is 30.0 Å². The van der Waals surface area contributed by atoms with Crippen molar-refractivity contribution in [2.24, 2.45) is 0 Å². The number of aliphatic hydroxyl groups excluding tert-OH is 2. The Labute approximate surface area is 302 Å². The lowest BCUT2D eigenvalue weighted by atomic mass is 10.1. The molecule has 5 heterocycles. The quantitative estimate of drug-likeness (QED) is 0.0992. The van der Waals surface area contributed by atoms with Crippen LogP contribution in [0.2, 0.25) is 0 Å². The summed E-state index contributed by atoms with van der Waals surface area (Å²) in [5.41, 5.74) is 5.22. The summed E-state index contributed by atoms with van der Waals surface area (Å²) in [6.45, 7) is -0.0509. The highest BCUT2D eigenvalue weighted by Crippen LogP contribution is 2.49. The van der Waals surface area contributed by atoms with E-state index >= 15 is 0 Å². The van der Waals surface area contributed by atoms with Crippen molar-refractivity contribution in [3.63, 3.8) is 0 Å². The van der Waals surface area contributed by atoms with E-state index in [1.165, 1.54) is 0 Å². The Morgan fingerprint density at radius 2 is 0.837 bits per heavy atom. The lowest BCUT2D eigenvalue weighted by Gasteiger charge is -2.00. The standard InChI is InChI=1S/C38H28O6S5/c39-19-21-3-1-5-23(13-21)27-7-9-29(45-27)33-15-25(17-35(41)42)37(48-33)31-11-12-32(47-31)38-26(18-36(43)44)16-34(49-38)30-10-8-28(46-30)24-6-2-4-22(14-24)20-40/h1-16,39-40H,17-20H2,(H,41,42)(H,43,44). The van der Waals surface area contributed by atoms with Crippen molar-refractivity contribution in [3.05, 3.63) is 119 Å². The van der Waals surface area contributed by atoms with Crippen LogP contribution < -0.4 is 0 Å². The molecule has 0 saturated heterocycles. The summed E-state index contributed by atoms with van der Waals surface area (Å²) >= 11 is 7.93. The average molecular weight is 741 g/mol. The molecule has 0 radical (unpaired) electrons. The Balaban J connectivity index is 1.22. The van der Waals surface area contributed by atoms with Gasteiger partial charge in [-0.2, -0.15) is 0 Å². The molecular weight excluding hydrogens is 713 g/mol. The number of benzene rings is 2. The van der Waals surface area contributed by atoms with Gasteiger partial charge in [0.2, 0.25) is 0 Å². The van der Waals surface area contributed by atoms with E-state index in [1.54, 1.807) is 56.7 Å². The number of thiophene rings is 5. The number of carboxylic acids is 2. The molecule has 0 aliphatic rings. The fraction of sp³-hybridized carbons (Fsp3) is 0.105. The predicted octanol–water partition coefficient (Wildman–Crippen LogP) is 10.2. The van der Waals surface area contributed by atoms with E-state index in [0.29, 0.717) is 0 Å². The van der Waals surface area contributed by atoms with Gasteiger partial charge in [-0.1, -0.05) is 36.4 Å². The number of hydrogen-bond acceptors (Lipinski definition) is 9. The minimum Gasteiger partial charge on any atom is -0.481 e. The highest BCUT2D eigenvalue weighted by molar-refractivity contribution is 7.30. The summed E-state index contributed by atoms with van der Waals surface area (Å²) in [5.74, 6) is -1.81. The molecule has 4 N–H and O–H groups in total. The number of hydrogen-bond donors (Lipinski definition) is 4. The molecule has 5 aromatic heterocycles. The third kappa shape index (κ3) is 7.24. The van der Waals surface area contributed by atoms with Crippen LogP contribution in [0.5, 0.6) is 0 Å². The molecule has 6 nitrogen and oxygen atoms in total. The van der Waals surface area contributed by atoms with E-state index in [2.05, 4.69) is 24.3 Å². The molecule has 0 fully saturated rings. The molecule has 49 heavy (non-hydrogen) atoms. The van der Waals surface area contributed by atoms with Crippen molar-refractivity contribution in [2.45, 2.75) is 26.1 Å². The van der Waals surface area contributed by atoms with Gasteiger partial charge in [0.25, 0.3) is 0 Å². The summed E-state index contributed by atoms with van der Waals surface area (Å²) in [5, 5.41) is 38.7. The van der Waals surface area contributed by atoms with E-state index in [0.717, 1.165) is 82.2 Å². The van der Waals surface area contributed by atoms with Crippen LogP contribution in [0.4, 0.5) is 0 Å². The van der Waals surface area contributed by atoms with Crippen LogP contribution >= 0.6 is 56.7 Å². The molecule has 0 unspecified atom stereocenters. The Hall–Kier alpha value is -4.20. The number of carbonyl (C=O) groups is 2. The highest BCUT2D eigenvalue weighted by Gasteiger charge is 2.21. The van der Waals surface area contributed by atoms with E-state index in [-0.39, 0.29) is 26.1 Å². The van der Waals surface area contributed by atoms with Crippen LogP contribution in [0.1, 0.15) is 22.3 Å². The molecule has 0 bridgehead atoms. The minimum absolute atomic E-state index is 0.0255. The van der Waals surface area contributed by atoms with Crippen LogP contribution in [-0.2, 0) is 35.6 Å². The monoisotopic (exact) mass is 740 g/mol. The van der Waals surface area contributed by atoms with Crippen molar-refractivity contribution in [2.75, 3.05) is 0 Å². The molecule has 0 atom stereocenters. The second kappa shape index (κ2) is 14.3. The Morgan fingerprint density at radius 1 is 0.449 bits per heavy atom. The highest BCUT2D eigenvalue weighted by atomic mass is 32.1. The maximum Gasteiger partial charge on any atom is 0.307 e. The van der Waals surface area contributed by atoms with Gasteiger partial charge in [0, 0.05) is 48.8 Å². The van der Waals surface area contributed by atoms with Gasteiger partial charge >= 0.3 is 11.9 Å². The van der Waals surface area contributed by atoms with Crippen LogP contribution in [0.3, 0.4) is 0 Å². The molecule has 0 aliphatic heterocycles. The van der Waals surface area contributed by atoms with Gasteiger partial charge in [0.15, 0.2) is 0 Å². The molecule has 7 rings (SSSR count). The second-order valence-electron chi connectivity index (χ2n) is 11.3. The molecule has 2 aromatic carbocycles. The third-order valence-electron chi connectivity index (χ3n) is 7.84. The lowest BCUT2D eigenvalue weighted by molar-refractivity contribution is -0.137. The average Bonchev–Trinajstić information content (AvgIpc) is 3.94. The fourth-order valence-corrected chi connectivity index (χ4v) is 11.4. The zero-order chi connectivity index (χ0) is 34.1. The molecule has 246 valence electrons. The Kier molecular flexibility index (Phi) is 9.75. The lowest BCUT2D eigenvalue weighted by Crippen LogP contribution is -1.99. The summed E-state index contributed by atoms with van der Waals surface area (Å²) in [4.78, 5) is 33.7. The van der Waals surface area contributed by atoms with E-state index in [4.69, 9.17) is 0 Å². The minimum atomic E-state index is -0.903. The molecule has 0 aliphatic carbocycles. The topological polar surface area (TPSA) is 115 Å². The molecule has 11 heteroatoms. The Morgan fingerprint density at radius 3 is 1.24 bits per heavy atom. The fourth-order valence-electron chi connectivity index (χ4n) is 5.58. The van der Waals surface area contributed by atoms with Crippen molar-refractivity contribution >= 4 is 68.6 Å². The molecule has 0 amide bonds. The van der Waals surface area contributed by atoms with Gasteiger partial charge in [-0.3, -0.25) is 9.59 Å². The van der Waals surface area contributed by atoms with E-state index in [1.807, 2.05) is 72.8 Å². The first-order chi connectivity index (χ1) is 23.8. The molecule has 0 saturated carbocycles.